The molecule has 11 rings (SSSR count). The van der Waals surface area contributed by atoms with Gasteiger partial charge in [0, 0.05) is 58.8 Å². The molecule has 0 N–H and O–H groups in total. The predicted octanol–water partition coefficient (Wildman–Crippen LogP) is 13.5. The van der Waals surface area contributed by atoms with Crippen LogP contribution in [-0.4, -0.2) is 19.5 Å². The smallest absolute Gasteiger partial charge is 0.164 e. The van der Waals surface area contributed by atoms with E-state index in [4.69, 9.17) is 15.0 Å². The fourth-order valence-corrected chi connectivity index (χ4v) is 9.50. The highest BCUT2D eigenvalue weighted by molar-refractivity contribution is 7.26. The van der Waals surface area contributed by atoms with Gasteiger partial charge in [-0.15, -0.1) is 11.3 Å². The summed E-state index contributed by atoms with van der Waals surface area (Å²) in [5.41, 5.74) is 10.6. The van der Waals surface area contributed by atoms with Crippen LogP contribution in [-0.2, 0) is 0 Å². The van der Waals surface area contributed by atoms with E-state index in [0.29, 0.717) is 23.0 Å². The number of fused-ring (bicyclic) bond motifs is 6. The second-order valence-electron chi connectivity index (χ2n) is 14.3. The molecule has 3 aromatic heterocycles. The Balaban J connectivity index is 1.13. The molecule has 6 heteroatoms. The summed E-state index contributed by atoms with van der Waals surface area (Å²) >= 11 is 1.72. The largest absolute Gasteiger partial charge is 0.309 e. The minimum absolute atomic E-state index is 0.554. The maximum Gasteiger partial charge on any atom is 0.164 e. The average molecular weight is 758 g/mol. The predicted molar refractivity (Wildman–Crippen MR) is 239 cm³/mol. The molecule has 58 heavy (non-hydrogen) atoms. The molecule has 0 bridgehead atoms. The van der Waals surface area contributed by atoms with Gasteiger partial charge in [-0.2, -0.15) is 5.26 Å². The molecule has 5 nitrogen and oxygen atoms in total. The Morgan fingerprint density at radius 1 is 0.431 bits per heavy atom. The zero-order chi connectivity index (χ0) is 38.6. The zero-order valence-corrected chi connectivity index (χ0v) is 31.9. The van der Waals surface area contributed by atoms with E-state index >= 15 is 0 Å². The molecule has 270 valence electrons. The Morgan fingerprint density at radius 2 is 0.983 bits per heavy atom. The molecule has 11 aromatic rings. The second-order valence-corrected chi connectivity index (χ2v) is 15.3. The van der Waals surface area contributed by atoms with Crippen molar-refractivity contribution in [2.45, 2.75) is 0 Å². The Kier molecular flexibility index (Phi) is 7.99. The Bertz CT molecular complexity index is 3360. The number of nitriles is 1. The van der Waals surface area contributed by atoms with Crippen LogP contribution in [0.2, 0.25) is 0 Å². The fourth-order valence-electron chi connectivity index (χ4n) is 8.23. The minimum atomic E-state index is 0.554. The van der Waals surface area contributed by atoms with Crippen molar-refractivity contribution in [1.82, 2.24) is 19.5 Å². The summed E-state index contributed by atoms with van der Waals surface area (Å²) in [6.07, 6.45) is 0. The van der Waals surface area contributed by atoms with Crippen molar-refractivity contribution in [3.8, 4) is 68.2 Å². The van der Waals surface area contributed by atoms with Gasteiger partial charge in [-0.05, 0) is 47.5 Å². The Hall–Kier alpha value is -7.72. The van der Waals surface area contributed by atoms with Crippen LogP contribution >= 0.6 is 11.3 Å². The molecular formula is C52H31N5S. The first kappa shape index (κ1) is 33.6. The van der Waals surface area contributed by atoms with Crippen LogP contribution in [0.5, 0.6) is 0 Å². The van der Waals surface area contributed by atoms with E-state index in [1.165, 1.54) is 20.9 Å². The van der Waals surface area contributed by atoms with E-state index in [1.807, 2.05) is 48.5 Å². The number of thiophene rings is 1. The summed E-state index contributed by atoms with van der Waals surface area (Å²) in [7, 11) is 0. The van der Waals surface area contributed by atoms with Gasteiger partial charge in [0.25, 0.3) is 0 Å². The van der Waals surface area contributed by atoms with Gasteiger partial charge in [0.2, 0.25) is 0 Å². The Morgan fingerprint density at radius 3 is 1.67 bits per heavy atom. The van der Waals surface area contributed by atoms with Gasteiger partial charge >= 0.3 is 0 Å². The van der Waals surface area contributed by atoms with Crippen molar-refractivity contribution in [2.75, 3.05) is 0 Å². The normalized spacial score (nSPS) is 11.4. The highest BCUT2D eigenvalue weighted by Gasteiger charge is 2.20. The van der Waals surface area contributed by atoms with Crippen LogP contribution in [0.25, 0.3) is 104 Å². The van der Waals surface area contributed by atoms with Gasteiger partial charge in [-0.25, -0.2) is 15.0 Å². The van der Waals surface area contributed by atoms with Crippen molar-refractivity contribution < 1.29 is 0 Å². The van der Waals surface area contributed by atoms with E-state index in [2.05, 4.69) is 150 Å². The van der Waals surface area contributed by atoms with Crippen LogP contribution in [0.4, 0.5) is 0 Å². The molecule has 0 spiro atoms. The molecule has 0 aliphatic heterocycles. The average Bonchev–Trinajstić information content (AvgIpc) is 3.85. The van der Waals surface area contributed by atoms with Gasteiger partial charge in [0.1, 0.15) is 0 Å². The van der Waals surface area contributed by atoms with Crippen LogP contribution in [0.15, 0.2) is 188 Å². The van der Waals surface area contributed by atoms with E-state index < -0.39 is 0 Å². The lowest BCUT2D eigenvalue weighted by molar-refractivity contribution is 1.07. The molecule has 0 atom stereocenters. The molecule has 3 heterocycles. The van der Waals surface area contributed by atoms with Crippen LogP contribution in [0.1, 0.15) is 5.56 Å². The maximum atomic E-state index is 10.3. The SMILES string of the molecule is N#Cc1ccc2c(sc3ccccc32)c1-c1cccc(-c2nc(-c3ccccc3)nc(-c3ccc(-c4ccccc4)c(-n4c5ccccc5c5ccccc54)c3)n2)c1. The lowest BCUT2D eigenvalue weighted by atomic mass is 9.96. The molecule has 0 amide bonds. The standard InChI is InChI=1S/C52H31N5S/c53-32-38-27-29-43-42-22-9-12-25-47(42)58-49(43)48(38)35-18-13-19-36(30-35)51-54-50(34-16-5-2-6-17-34)55-52(56-51)37-26-28-39(33-14-3-1-4-15-33)46(31-37)57-44-23-10-7-20-40(44)41-21-8-11-24-45(41)57/h1-31H. The van der Waals surface area contributed by atoms with Crippen LogP contribution in [0.3, 0.4) is 0 Å². The second kappa shape index (κ2) is 13.8. The molecule has 0 aliphatic rings. The molecule has 0 fully saturated rings. The lowest BCUT2D eigenvalue weighted by Gasteiger charge is -2.16. The number of nitrogens with zero attached hydrogens (tertiary/aromatic N) is 5. The molecular weight excluding hydrogens is 727 g/mol. The quantitative estimate of drug-likeness (QED) is 0.169. The summed E-state index contributed by atoms with van der Waals surface area (Å²) < 4.78 is 4.65. The van der Waals surface area contributed by atoms with Gasteiger partial charge in [0.05, 0.1) is 28.4 Å². The first-order chi connectivity index (χ1) is 28.7. The zero-order valence-electron chi connectivity index (χ0n) is 31.0. The van der Waals surface area contributed by atoms with Crippen LogP contribution < -0.4 is 0 Å². The lowest BCUT2D eigenvalue weighted by Crippen LogP contribution is -2.02. The third kappa shape index (κ3) is 5.56. The van der Waals surface area contributed by atoms with Crippen molar-refractivity contribution in [2.24, 2.45) is 0 Å². The summed E-state index contributed by atoms with van der Waals surface area (Å²) in [6.45, 7) is 0. The van der Waals surface area contributed by atoms with Gasteiger partial charge in [-0.3, -0.25) is 0 Å². The monoisotopic (exact) mass is 757 g/mol. The van der Waals surface area contributed by atoms with Crippen molar-refractivity contribution in [3.05, 3.63) is 194 Å². The van der Waals surface area contributed by atoms with Gasteiger partial charge in [0.15, 0.2) is 17.5 Å². The van der Waals surface area contributed by atoms with E-state index in [9.17, 15) is 5.26 Å². The van der Waals surface area contributed by atoms with Gasteiger partial charge in [-0.1, -0.05) is 152 Å². The molecule has 0 radical (unpaired) electrons. The highest BCUT2D eigenvalue weighted by atomic mass is 32.1. The van der Waals surface area contributed by atoms with Crippen molar-refractivity contribution in [1.29, 1.82) is 5.26 Å². The van der Waals surface area contributed by atoms with Gasteiger partial charge < -0.3 is 4.57 Å². The third-order valence-corrected chi connectivity index (χ3v) is 12.1. The first-order valence-corrected chi connectivity index (χ1v) is 20.0. The summed E-state index contributed by atoms with van der Waals surface area (Å²) in [5.74, 6) is 1.71. The van der Waals surface area contributed by atoms with E-state index in [1.54, 1.807) is 11.3 Å². The number of aromatic nitrogens is 4. The van der Waals surface area contributed by atoms with Crippen LogP contribution in [0, 0.1) is 11.3 Å². The van der Waals surface area contributed by atoms with Crippen molar-refractivity contribution in [3.63, 3.8) is 0 Å². The number of hydrogen-bond acceptors (Lipinski definition) is 5. The number of benzene rings is 8. The topological polar surface area (TPSA) is 67.4 Å². The summed E-state index contributed by atoms with van der Waals surface area (Å²) in [4.78, 5) is 15.5. The summed E-state index contributed by atoms with van der Waals surface area (Å²) in [5, 5.41) is 15.1. The Labute approximate surface area is 338 Å². The molecule has 0 aliphatic carbocycles. The molecule has 8 aromatic carbocycles. The molecule has 0 unspecified atom stereocenters. The fraction of sp³-hybridized carbons (Fsp3) is 0. The van der Waals surface area contributed by atoms with Crippen molar-refractivity contribution >= 4 is 53.3 Å². The van der Waals surface area contributed by atoms with E-state index in [0.717, 1.165) is 65.8 Å². The highest BCUT2D eigenvalue weighted by Crippen LogP contribution is 2.43. The number of hydrogen-bond donors (Lipinski definition) is 0. The maximum absolute atomic E-state index is 10.3. The molecule has 0 saturated heterocycles. The number of rotatable bonds is 6. The third-order valence-electron chi connectivity index (χ3n) is 10.9. The van der Waals surface area contributed by atoms with E-state index in [-0.39, 0.29) is 0 Å². The molecule has 0 saturated carbocycles. The summed E-state index contributed by atoms with van der Waals surface area (Å²) in [6, 6.07) is 67.4. The minimum Gasteiger partial charge on any atom is -0.309 e. The first-order valence-electron chi connectivity index (χ1n) is 19.2. The number of para-hydroxylation sites is 2.